The van der Waals surface area contributed by atoms with Gasteiger partial charge in [-0.05, 0) is 36.5 Å². The van der Waals surface area contributed by atoms with Gasteiger partial charge >= 0.3 is 0 Å². The van der Waals surface area contributed by atoms with Gasteiger partial charge in [-0.1, -0.05) is 63.4 Å². The van der Waals surface area contributed by atoms with Crippen LogP contribution in [-0.4, -0.2) is 40.9 Å². The van der Waals surface area contributed by atoms with E-state index in [2.05, 4.69) is 36.2 Å². The van der Waals surface area contributed by atoms with Crippen LogP contribution in [0, 0.1) is 0 Å². The molecule has 1 unspecified atom stereocenters. The Bertz CT molecular complexity index is 633. The van der Waals surface area contributed by atoms with Gasteiger partial charge in [0.2, 0.25) is 5.91 Å². The van der Waals surface area contributed by atoms with Crippen molar-refractivity contribution in [2.45, 2.75) is 70.4 Å². The highest BCUT2D eigenvalue weighted by Crippen LogP contribution is 2.27. The van der Waals surface area contributed by atoms with Gasteiger partial charge in [0.05, 0.1) is 6.04 Å². The number of nitrogens with one attached hydrogen (secondary N) is 1. The van der Waals surface area contributed by atoms with Crippen molar-refractivity contribution in [2.24, 2.45) is 4.99 Å². The van der Waals surface area contributed by atoms with Gasteiger partial charge < -0.3 is 10.2 Å². The average Bonchev–Trinajstić information content (AvgIpc) is 2.82. The number of aliphatic imine (C=N–C) groups is 1. The SMILES string of the molecule is CC(C)c1ccc(NC(=O)C2CSC(=NC3CCCCCC3)N2C)cc1. The van der Waals surface area contributed by atoms with E-state index in [1.165, 1.54) is 44.1 Å². The Labute approximate surface area is 161 Å². The molecule has 1 aromatic rings. The Morgan fingerprint density at radius 2 is 1.81 bits per heavy atom. The summed E-state index contributed by atoms with van der Waals surface area (Å²) < 4.78 is 0. The van der Waals surface area contributed by atoms with Gasteiger partial charge in [0.25, 0.3) is 0 Å². The fourth-order valence-corrected chi connectivity index (χ4v) is 4.84. The zero-order valence-corrected chi connectivity index (χ0v) is 17.0. The number of amides is 1. The molecule has 142 valence electrons. The van der Waals surface area contributed by atoms with Crippen LogP contribution in [0.4, 0.5) is 5.69 Å². The minimum absolute atomic E-state index is 0.0587. The van der Waals surface area contributed by atoms with Crippen LogP contribution in [-0.2, 0) is 4.79 Å². The summed E-state index contributed by atoms with van der Waals surface area (Å²) in [5, 5.41) is 4.10. The molecule has 2 fully saturated rings. The second-order valence-corrected chi connectivity index (χ2v) is 8.75. The molecule has 0 aromatic heterocycles. The predicted molar refractivity (Wildman–Crippen MR) is 112 cm³/mol. The molecule has 1 N–H and O–H groups in total. The first-order chi connectivity index (χ1) is 12.5. The molecular formula is C21H31N3OS. The molecule has 4 nitrogen and oxygen atoms in total. The van der Waals surface area contributed by atoms with Crippen LogP contribution in [0.1, 0.15) is 63.9 Å². The summed E-state index contributed by atoms with van der Waals surface area (Å²) in [6, 6.07) is 8.46. The van der Waals surface area contributed by atoms with Gasteiger partial charge in [-0.25, -0.2) is 0 Å². The Hall–Kier alpha value is -1.49. The number of nitrogens with zero attached hydrogens (tertiary/aromatic N) is 2. The first-order valence-corrected chi connectivity index (χ1v) is 10.9. The maximum Gasteiger partial charge on any atom is 0.248 e. The van der Waals surface area contributed by atoms with Crippen molar-refractivity contribution >= 4 is 28.5 Å². The van der Waals surface area contributed by atoms with Crippen LogP contribution in [0.5, 0.6) is 0 Å². The van der Waals surface area contributed by atoms with E-state index in [4.69, 9.17) is 4.99 Å². The van der Waals surface area contributed by atoms with Gasteiger partial charge in [0.1, 0.15) is 6.04 Å². The van der Waals surface area contributed by atoms with Crippen LogP contribution >= 0.6 is 11.8 Å². The van der Waals surface area contributed by atoms with Crippen molar-refractivity contribution < 1.29 is 4.79 Å². The predicted octanol–water partition coefficient (Wildman–Crippen LogP) is 4.87. The molecule has 0 bridgehead atoms. The topological polar surface area (TPSA) is 44.7 Å². The van der Waals surface area contributed by atoms with Crippen molar-refractivity contribution in [3.63, 3.8) is 0 Å². The third-order valence-corrected chi connectivity index (χ3v) is 6.54. The number of hydrogen-bond acceptors (Lipinski definition) is 3. The van der Waals surface area contributed by atoms with E-state index in [0.717, 1.165) is 16.6 Å². The largest absolute Gasteiger partial charge is 0.342 e. The van der Waals surface area contributed by atoms with Crippen LogP contribution in [0.3, 0.4) is 0 Å². The zero-order valence-electron chi connectivity index (χ0n) is 16.2. The lowest BCUT2D eigenvalue weighted by Gasteiger charge is -2.21. The van der Waals surface area contributed by atoms with Gasteiger partial charge in [0.15, 0.2) is 5.17 Å². The van der Waals surface area contributed by atoms with Crippen LogP contribution in [0.15, 0.2) is 29.3 Å². The molecule has 5 heteroatoms. The summed E-state index contributed by atoms with van der Waals surface area (Å²) in [7, 11) is 2.00. The van der Waals surface area contributed by atoms with E-state index in [0.29, 0.717) is 12.0 Å². The highest BCUT2D eigenvalue weighted by molar-refractivity contribution is 8.14. The van der Waals surface area contributed by atoms with Gasteiger partial charge in [-0.15, -0.1) is 0 Å². The third-order valence-electron chi connectivity index (χ3n) is 5.40. The van der Waals surface area contributed by atoms with Crippen molar-refractivity contribution in [2.75, 3.05) is 18.1 Å². The third kappa shape index (κ3) is 4.81. The van der Waals surface area contributed by atoms with Crippen molar-refractivity contribution in [1.29, 1.82) is 0 Å². The normalized spacial score (nSPS) is 23.5. The molecule has 1 aliphatic heterocycles. The van der Waals surface area contributed by atoms with Crippen LogP contribution in [0.2, 0.25) is 0 Å². The van der Waals surface area contributed by atoms with E-state index in [9.17, 15) is 4.79 Å². The van der Waals surface area contributed by atoms with Gasteiger partial charge in [-0.2, -0.15) is 0 Å². The summed E-state index contributed by atoms with van der Waals surface area (Å²) in [6.45, 7) is 4.35. The molecule has 1 atom stereocenters. The highest BCUT2D eigenvalue weighted by atomic mass is 32.2. The summed E-state index contributed by atoms with van der Waals surface area (Å²) in [4.78, 5) is 19.8. The van der Waals surface area contributed by atoms with E-state index < -0.39 is 0 Å². The maximum absolute atomic E-state index is 12.7. The molecule has 1 saturated carbocycles. The molecule has 3 rings (SSSR count). The minimum Gasteiger partial charge on any atom is -0.342 e. The smallest absolute Gasteiger partial charge is 0.248 e. The second-order valence-electron chi connectivity index (χ2n) is 7.76. The summed E-state index contributed by atoms with van der Waals surface area (Å²) in [6.07, 6.45) is 7.63. The lowest BCUT2D eigenvalue weighted by Crippen LogP contribution is -2.40. The number of hydrogen-bond donors (Lipinski definition) is 1. The molecule has 0 radical (unpaired) electrons. The Balaban J connectivity index is 1.59. The standard InChI is InChI=1S/C21H31N3OS/c1-15(2)16-10-12-18(13-11-16)22-20(25)19-14-26-21(24(19)3)23-17-8-6-4-5-7-9-17/h10-13,15,17,19H,4-9,14H2,1-3H3,(H,22,25). The quantitative estimate of drug-likeness (QED) is 0.766. The summed E-state index contributed by atoms with van der Waals surface area (Å²) in [5.41, 5.74) is 2.15. The molecule has 1 aromatic carbocycles. The number of carbonyl (C=O) groups is 1. The molecule has 1 aliphatic carbocycles. The lowest BCUT2D eigenvalue weighted by atomic mass is 10.0. The van der Waals surface area contributed by atoms with Gasteiger partial charge in [-0.3, -0.25) is 9.79 Å². The first kappa shape index (κ1) is 19.3. The molecule has 26 heavy (non-hydrogen) atoms. The van der Waals surface area contributed by atoms with Crippen molar-refractivity contribution in [3.05, 3.63) is 29.8 Å². The lowest BCUT2D eigenvalue weighted by molar-refractivity contribution is -0.118. The molecular weight excluding hydrogens is 342 g/mol. The monoisotopic (exact) mass is 373 g/mol. The van der Waals surface area contributed by atoms with E-state index in [-0.39, 0.29) is 11.9 Å². The number of thioether (sulfide) groups is 1. The molecule has 2 aliphatic rings. The maximum atomic E-state index is 12.7. The Morgan fingerprint density at radius 3 is 2.42 bits per heavy atom. The molecule has 1 heterocycles. The fourth-order valence-electron chi connectivity index (χ4n) is 3.60. The van der Waals surface area contributed by atoms with Crippen LogP contribution < -0.4 is 5.32 Å². The number of likely N-dealkylation sites (N-methyl/N-ethyl adjacent to an activating group) is 1. The fraction of sp³-hybridized carbons (Fsp3) is 0.619. The number of anilines is 1. The minimum atomic E-state index is -0.144. The summed E-state index contributed by atoms with van der Waals surface area (Å²) >= 11 is 1.72. The number of benzene rings is 1. The number of rotatable bonds is 4. The average molecular weight is 374 g/mol. The van der Waals surface area contributed by atoms with Crippen molar-refractivity contribution in [3.8, 4) is 0 Å². The molecule has 1 amide bonds. The number of amidine groups is 1. The number of carbonyl (C=O) groups excluding carboxylic acids is 1. The molecule has 0 spiro atoms. The first-order valence-electron chi connectivity index (χ1n) is 9.89. The van der Waals surface area contributed by atoms with E-state index >= 15 is 0 Å². The molecule has 1 saturated heterocycles. The summed E-state index contributed by atoms with van der Waals surface area (Å²) in [5.74, 6) is 1.33. The van der Waals surface area contributed by atoms with E-state index in [1.807, 2.05) is 19.2 Å². The second kappa shape index (κ2) is 8.94. The Morgan fingerprint density at radius 1 is 1.15 bits per heavy atom. The Kier molecular flexibility index (Phi) is 6.63. The van der Waals surface area contributed by atoms with E-state index in [1.54, 1.807) is 11.8 Å². The highest BCUT2D eigenvalue weighted by Gasteiger charge is 2.33. The van der Waals surface area contributed by atoms with Crippen molar-refractivity contribution in [1.82, 2.24) is 4.90 Å². The zero-order chi connectivity index (χ0) is 18.5. The van der Waals surface area contributed by atoms with Gasteiger partial charge in [0, 0.05) is 18.5 Å². The van der Waals surface area contributed by atoms with Crippen LogP contribution in [0.25, 0.3) is 0 Å².